The van der Waals surface area contributed by atoms with E-state index in [1.807, 2.05) is 6.21 Å². The highest BCUT2D eigenvalue weighted by atomic mass is 14.7. The second-order valence-corrected chi connectivity index (χ2v) is 4.36. The highest BCUT2D eigenvalue weighted by Gasteiger charge is 2.05. The van der Waals surface area contributed by atoms with Gasteiger partial charge in [-0.05, 0) is 30.3 Å². The molecular weight excluding hydrogens is 170 g/mol. The van der Waals surface area contributed by atoms with Crippen molar-refractivity contribution in [1.82, 2.24) is 0 Å². The molecule has 0 saturated heterocycles. The molecule has 1 unspecified atom stereocenters. The Morgan fingerprint density at radius 1 is 1.29 bits per heavy atom. The van der Waals surface area contributed by atoms with E-state index in [1.54, 1.807) is 0 Å². The van der Waals surface area contributed by atoms with Crippen molar-refractivity contribution in [2.45, 2.75) is 47.0 Å². The third-order valence-electron chi connectivity index (χ3n) is 2.65. The van der Waals surface area contributed by atoms with Crippen molar-refractivity contribution in [2.75, 3.05) is 6.54 Å². The molecule has 1 nitrogen and oxygen atoms in total. The smallest absolute Gasteiger partial charge is 0.0415 e. The highest BCUT2D eigenvalue weighted by molar-refractivity contribution is 5.77. The Morgan fingerprint density at radius 3 is 2.43 bits per heavy atom. The van der Waals surface area contributed by atoms with Crippen molar-refractivity contribution in [1.29, 1.82) is 0 Å². The van der Waals surface area contributed by atoms with Crippen molar-refractivity contribution in [2.24, 2.45) is 16.8 Å². The molecule has 0 amide bonds. The fourth-order valence-electron chi connectivity index (χ4n) is 1.38. The molecular formula is C13H25N. The van der Waals surface area contributed by atoms with Crippen molar-refractivity contribution >= 4 is 6.21 Å². The first-order valence-corrected chi connectivity index (χ1v) is 5.77. The van der Waals surface area contributed by atoms with Gasteiger partial charge in [0.15, 0.2) is 0 Å². The van der Waals surface area contributed by atoms with E-state index in [-0.39, 0.29) is 0 Å². The monoisotopic (exact) mass is 195 g/mol. The lowest BCUT2D eigenvalue weighted by molar-refractivity contribution is 0.413. The van der Waals surface area contributed by atoms with Gasteiger partial charge in [-0.25, -0.2) is 0 Å². The average molecular weight is 195 g/mol. The van der Waals surface area contributed by atoms with Gasteiger partial charge in [0.25, 0.3) is 0 Å². The van der Waals surface area contributed by atoms with Crippen LogP contribution in [0.25, 0.3) is 0 Å². The van der Waals surface area contributed by atoms with Crippen LogP contribution >= 0.6 is 0 Å². The van der Waals surface area contributed by atoms with Gasteiger partial charge >= 0.3 is 0 Å². The molecule has 0 radical (unpaired) electrons. The summed E-state index contributed by atoms with van der Waals surface area (Å²) in [5, 5.41) is 0. The predicted octanol–water partition coefficient (Wildman–Crippen LogP) is 4.10. The maximum Gasteiger partial charge on any atom is 0.0415 e. The van der Waals surface area contributed by atoms with Crippen molar-refractivity contribution < 1.29 is 0 Å². The molecule has 0 bridgehead atoms. The molecule has 0 rings (SSSR count). The highest BCUT2D eigenvalue weighted by Crippen LogP contribution is 2.14. The summed E-state index contributed by atoms with van der Waals surface area (Å²) in [5.74, 6) is 1.53. The molecule has 1 heteroatoms. The SMILES string of the molecule is C=C(C=NC[C@H](C)CC(C)CC)CC. The minimum absolute atomic E-state index is 0.700. The number of hydrogen-bond acceptors (Lipinski definition) is 1. The van der Waals surface area contributed by atoms with Gasteiger partial charge in [-0.1, -0.05) is 40.7 Å². The molecule has 0 aliphatic rings. The van der Waals surface area contributed by atoms with Crippen LogP contribution in [0, 0.1) is 11.8 Å². The van der Waals surface area contributed by atoms with E-state index in [9.17, 15) is 0 Å². The summed E-state index contributed by atoms with van der Waals surface area (Å²) in [6, 6.07) is 0. The molecule has 0 heterocycles. The van der Waals surface area contributed by atoms with Gasteiger partial charge in [0.1, 0.15) is 0 Å². The Balaban J connectivity index is 3.67. The lowest BCUT2D eigenvalue weighted by atomic mass is 9.95. The van der Waals surface area contributed by atoms with E-state index in [0.29, 0.717) is 5.92 Å². The predicted molar refractivity (Wildman–Crippen MR) is 66.0 cm³/mol. The molecule has 2 atom stereocenters. The Hall–Kier alpha value is -0.590. The fraction of sp³-hybridized carbons (Fsp3) is 0.769. The number of rotatable bonds is 7. The zero-order valence-electron chi connectivity index (χ0n) is 10.2. The molecule has 0 aromatic carbocycles. The van der Waals surface area contributed by atoms with Crippen LogP contribution in [-0.4, -0.2) is 12.8 Å². The standard InChI is InChI=1S/C13H25N/c1-6-11(3)8-13(5)10-14-9-12(4)7-2/h9,11,13H,4,6-8,10H2,1-3,5H3/t11?,13-/m1/s1. The first-order valence-electron chi connectivity index (χ1n) is 5.77. The topological polar surface area (TPSA) is 12.4 Å². The van der Waals surface area contributed by atoms with Crippen LogP contribution in [0.2, 0.25) is 0 Å². The Morgan fingerprint density at radius 2 is 1.93 bits per heavy atom. The third kappa shape index (κ3) is 6.88. The van der Waals surface area contributed by atoms with Gasteiger partial charge in [-0.3, -0.25) is 4.99 Å². The summed E-state index contributed by atoms with van der Waals surface area (Å²) in [6.45, 7) is 13.8. The van der Waals surface area contributed by atoms with Crippen LogP contribution < -0.4 is 0 Å². The molecule has 82 valence electrons. The van der Waals surface area contributed by atoms with Crippen molar-refractivity contribution in [3.05, 3.63) is 12.2 Å². The van der Waals surface area contributed by atoms with Gasteiger partial charge in [0, 0.05) is 12.8 Å². The van der Waals surface area contributed by atoms with Gasteiger partial charge in [0.05, 0.1) is 0 Å². The molecule has 0 N–H and O–H groups in total. The molecule has 0 aromatic rings. The minimum atomic E-state index is 0.700. The third-order valence-corrected chi connectivity index (χ3v) is 2.65. The van der Waals surface area contributed by atoms with E-state index >= 15 is 0 Å². The summed E-state index contributed by atoms with van der Waals surface area (Å²) >= 11 is 0. The summed E-state index contributed by atoms with van der Waals surface area (Å²) in [7, 11) is 0. The Bertz CT molecular complexity index is 182. The Kier molecular flexibility index (Phi) is 7.45. The van der Waals surface area contributed by atoms with E-state index in [1.165, 1.54) is 12.8 Å². The average Bonchev–Trinajstić information content (AvgIpc) is 2.17. The van der Waals surface area contributed by atoms with Gasteiger partial charge in [0.2, 0.25) is 0 Å². The van der Waals surface area contributed by atoms with Crippen molar-refractivity contribution in [3.8, 4) is 0 Å². The van der Waals surface area contributed by atoms with E-state index < -0.39 is 0 Å². The lowest BCUT2D eigenvalue weighted by Crippen LogP contribution is -2.05. The van der Waals surface area contributed by atoms with E-state index in [0.717, 1.165) is 24.5 Å². The first-order chi connectivity index (χ1) is 6.60. The van der Waals surface area contributed by atoms with Gasteiger partial charge < -0.3 is 0 Å². The molecule has 0 spiro atoms. The summed E-state index contributed by atoms with van der Waals surface area (Å²) in [5.41, 5.74) is 1.13. The zero-order valence-corrected chi connectivity index (χ0v) is 10.2. The quantitative estimate of drug-likeness (QED) is 0.542. The van der Waals surface area contributed by atoms with Gasteiger partial charge in [-0.15, -0.1) is 0 Å². The second kappa shape index (κ2) is 7.78. The zero-order chi connectivity index (χ0) is 11.0. The summed E-state index contributed by atoms with van der Waals surface area (Å²) in [4.78, 5) is 4.40. The number of allylic oxidation sites excluding steroid dienone is 1. The van der Waals surface area contributed by atoms with Crippen LogP contribution in [0.3, 0.4) is 0 Å². The maximum absolute atomic E-state index is 4.40. The lowest BCUT2D eigenvalue weighted by Gasteiger charge is -2.13. The van der Waals surface area contributed by atoms with Crippen LogP contribution in [0.15, 0.2) is 17.1 Å². The van der Waals surface area contributed by atoms with Gasteiger partial charge in [-0.2, -0.15) is 0 Å². The summed E-state index contributed by atoms with van der Waals surface area (Å²) < 4.78 is 0. The molecule has 0 aromatic heterocycles. The number of hydrogen-bond donors (Lipinski definition) is 0. The molecule has 0 aliphatic heterocycles. The van der Waals surface area contributed by atoms with E-state index in [4.69, 9.17) is 0 Å². The number of nitrogens with zero attached hydrogens (tertiary/aromatic N) is 1. The van der Waals surface area contributed by atoms with Crippen LogP contribution in [0.5, 0.6) is 0 Å². The largest absolute Gasteiger partial charge is 0.293 e. The first kappa shape index (κ1) is 13.4. The molecule has 0 saturated carbocycles. The number of aliphatic imine (C=N–C) groups is 1. The summed E-state index contributed by atoms with van der Waals surface area (Å²) in [6.07, 6.45) is 5.48. The Labute approximate surface area is 89.3 Å². The second-order valence-electron chi connectivity index (χ2n) is 4.36. The maximum atomic E-state index is 4.40. The molecule has 0 aliphatic carbocycles. The fourth-order valence-corrected chi connectivity index (χ4v) is 1.38. The molecule has 14 heavy (non-hydrogen) atoms. The normalized spacial score (nSPS) is 15.7. The molecule has 0 fully saturated rings. The van der Waals surface area contributed by atoms with Crippen LogP contribution in [-0.2, 0) is 0 Å². The van der Waals surface area contributed by atoms with Crippen LogP contribution in [0.1, 0.15) is 47.0 Å². The van der Waals surface area contributed by atoms with Crippen molar-refractivity contribution in [3.63, 3.8) is 0 Å². The minimum Gasteiger partial charge on any atom is -0.293 e. The van der Waals surface area contributed by atoms with E-state index in [2.05, 4.69) is 39.3 Å². The van der Waals surface area contributed by atoms with Crippen LogP contribution in [0.4, 0.5) is 0 Å².